The van der Waals surface area contributed by atoms with Gasteiger partial charge in [-0.15, -0.1) is 0 Å². The largest absolute Gasteiger partial charge is 0.492 e. The lowest BCUT2D eigenvalue weighted by Gasteiger charge is -2.15. The lowest BCUT2D eigenvalue weighted by molar-refractivity contribution is 0.174. The highest BCUT2D eigenvalue weighted by Gasteiger charge is 2.08. The molecule has 0 amide bonds. The van der Waals surface area contributed by atoms with E-state index in [-0.39, 0.29) is 18.6 Å². The van der Waals surface area contributed by atoms with Crippen LogP contribution in [0.5, 0.6) is 5.75 Å². The highest BCUT2D eigenvalue weighted by molar-refractivity contribution is 6.32. The summed E-state index contributed by atoms with van der Waals surface area (Å²) in [5.41, 5.74) is 1.13. The molecule has 0 aliphatic rings. The first kappa shape index (κ1) is 14.3. The third-order valence-corrected chi connectivity index (χ3v) is 3.02. The third-order valence-electron chi connectivity index (χ3n) is 2.72. The number of hydrogen-bond acceptors (Lipinski definition) is 3. The first-order valence-corrected chi connectivity index (χ1v) is 6.16. The highest BCUT2D eigenvalue weighted by Crippen LogP contribution is 2.28. The standard InChI is InChI=1S/C13H20ClNO2/c1-9(7-16)8-17-13-5-4-11(6-12(13)14)10(2)15-3/h4-6,9-10,15-16H,7-8H2,1-3H3. The minimum Gasteiger partial charge on any atom is -0.492 e. The molecule has 4 heteroatoms. The summed E-state index contributed by atoms with van der Waals surface area (Å²) >= 11 is 6.14. The van der Waals surface area contributed by atoms with Gasteiger partial charge in [-0.1, -0.05) is 24.6 Å². The van der Waals surface area contributed by atoms with Gasteiger partial charge in [0.25, 0.3) is 0 Å². The van der Waals surface area contributed by atoms with E-state index in [0.717, 1.165) is 5.56 Å². The molecule has 0 saturated carbocycles. The molecule has 0 fully saturated rings. The van der Waals surface area contributed by atoms with Crippen LogP contribution in [0.15, 0.2) is 18.2 Å². The summed E-state index contributed by atoms with van der Waals surface area (Å²) in [4.78, 5) is 0. The number of aliphatic hydroxyl groups is 1. The summed E-state index contributed by atoms with van der Waals surface area (Å²) in [6.45, 7) is 4.58. The second-order valence-electron chi connectivity index (χ2n) is 4.30. The van der Waals surface area contributed by atoms with E-state index in [0.29, 0.717) is 17.4 Å². The zero-order chi connectivity index (χ0) is 12.8. The second-order valence-corrected chi connectivity index (χ2v) is 4.71. The number of halogens is 1. The van der Waals surface area contributed by atoms with Crippen molar-refractivity contribution in [1.82, 2.24) is 5.32 Å². The van der Waals surface area contributed by atoms with Gasteiger partial charge in [0.05, 0.1) is 11.6 Å². The Hall–Kier alpha value is -0.770. The van der Waals surface area contributed by atoms with Gasteiger partial charge in [-0.3, -0.25) is 0 Å². The van der Waals surface area contributed by atoms with Crippen LogP contribution in [0.3, 0.4) is 0 Å². The second kappa shape index (κ2) is 6.84. The highest BCUT2D eigenvalue weighted by atomic mass is 35.5. The van der Waals surface area contributed by atoms with Crippen LogP contribution in [-0.2, 0) is 0 Å². The van der Waals surface area contributed by atoms with Crippen molar-refractivity contribution in [3.05, 3.63) is 28.8 Å². The Bertz CT molecular complexity index is 357. The minimum atomic E-state index is 0.113. The van der Waals surface area contributed by atoms with Gasteiger partial charge in [0.1, 0.15) is 5.75 Å². The fraction of sp³-hybridized carbons (Fsp3) is 0.538. The molecule has 0 saturated heterocycles. The average Bonchev–Trinajstić information content (AvgIpc) is 2.35. The summed E-state index contributed by atoms with van der Waals surface area (Å²) in [5.74, 6) is 0.779. The fourth-order valence-electron chi connectivity index (χ4n) is 1.35. The SMILES string of the molecule is CNC(C)c1ccc(OCC(C)CO)c(Cl)c1. The molecule has 17 heavy (non-hydrogen) atoms. The lowest BCUT2D eigenvalue weighted by atomic mass is 10.1. The van der Waals surface area contributed by atoms with Crippen LogP contribution in [-0.4, -0.2) is 25.4 Å². The van der Waals surface area contributed by atoms with Gasteiger partial charge in [0.2, 0.25) is 0 Å². The Morgan fingerprint density at radius 3 is 2.65 bits per heavy atom. The number of hydrogen-bond donors (Lipinski definition) is 2. The number of aliphatic hydroxyl groups excluding tert-OH is 1. The average molecular weight is 258 g/mol. The maximum atomic E-state index is 8.91. The number of rotatable bonds is 6. The Morgan fingerprint density at radius 2 is 2.12 bits per heavy atom. The van der Waals surface area contributed by atoms with Crippen molar-refractivity contribution in [3.63, 3.8) is 0 Å². The molecule has 0 spiro atoms. The van der Waals surface area contributed by atoms with E-state index >= 15 is 0 Å². The molecule has 1 aromatic rings. The zero-order valence-electron chi connectivity index (χ0n) is 10.5. The van der Waals surface area contributed by atoms with E-state index < -0.39 is 0 Å². The molecule has 2 unspecified atom stereocenters. The molecule has 2 N–H and O–H groups in total. The summed E-state index contributed by atoms with van der Waals surface area (Å²) in [6, 6.07) is 6.03. The maximum absolute atomic E-state index is 8.91. The Kier molecular flexibility index (Phi) is 5.75. The molecule has 0 bridgehead atoms. The Labute approximate surface area is 108 Å². The van der Waals surface area contributed by atoms with Crippen molar-refractivity contribution >= 4 is 11.6 Å². The summed E-state index contributed by atoms with van der Waals surface area (Å²) in [6.07, 6.45) is 0. The Balaban J connectivity index is 2.69. The van der Waals surface area contributed by atoms with Gasteiger partial charge in [0, 0.05) is 18.6 Å². The third kappa shape index (κ3) is 4.19. The monoisotopic (exact) mass is 257 g/mol. The van der Waals surface area contributed by atoms with Crippen molar-refractivity contribution in [2.75, 3.05) is 20.3 Å². The minimum absolute atomic E-state index is 0.113. The van der Waals surface area contributed by atoms with Crippen LogP contribution in [0.4, 0.5) is 0 Å². The summed E-state index contributed by atoms with van der Waals surface area (Å²) < 4.78 is 5.55. The van der Waals surface area contributed by atoms with E-state index in [1.165, 1.54) is 0 Å². The van der Waals surface area contributed by atoms with Crippen molar-refractivity contribution in [3.8, 4) is 5.75 Å². The topological polar surface area (TPSA) is 41.5 Å². The van der Waals surface area contributed by atoms with Crippen molar-refractivity contribution in [2.45, 2.75) is 19.9 Å². The molecule has 0 aromatic heterocycles. The van der Waals surface area contributed by atoms with Crippen LogP contribution in [0.2, 0.25) is 5.02 Å². The lowest BCUT2D eigenvalue weighted by Crippen LogP contribution is -2.13. The summed E-state index contributed by atoms with van der Waals surface area (Å²) in [7, 11) is 1.91. The van der Waals surface area contributed by atoms with Crippen molar-refractivity contribution < 1.29 is 9.84 Å². The van der Waals surface area contributed by atoms with E-state index in [4.69, 9.17) is 21.4 Å². The van der Waals surface area contributed by atoms with E-state index in [2.05, 4.69) is 12.2 Å². The number of benzene rings is 1. The molecule has 1 aromatic carbocycles. The number of ether oxygens (including phenoxy) is 1. The molecule has 0 heterocycles. The van der Waals surface area contributed by atoms with Gasteiger partial charge >= 0.3 is 0 Å². The quantitative estimate of drug-likeness (QED) is 0.823. The molecule has 0 radical (unpaired) electrons. The van der Waals surface area contributed by atoms with Crippen LogP contribution >= 0.6 is 11.6 Å². The predicted molar refractivity (Wildman–Crippen MR) is 70.7 cm³/mol. The van der Waals surface area contributed by atoms with Crippen LogP contribution in [0.1, 0.15) is 25.5 Å². The molecular weight excluding hydrogens is 238 g/mol. The fourth-order valence-corrected chi connectivity index (χ4v) is 1.60. The molecule has 96 valence electrons. The molecular formula is C13H20ClNO2. The van der Waals surface area contributed by atoms with E-state index in [1.54, 1.807) is 0 Å². The zero-order valence-corrected chi connectivity index (χ0v) is 11.3. The van der Waals surface area contributed by atoms with Gasteiger partial charge in [-0.2, -0.15) is 0 Å². The van der Waals surface area contributed by atoms with Gasteiger partial charge in [-0.25, -0.2) is 0 Å². The predicted octanol–water partition coefficient (Wildman–Crippen LogP) is 2.63. The molecule has 0 aliphatic carbocycles. The van der Waals surface area contributed by atoms with Gasteiger partial charge in [0.15, 0.2) is 0 Å². The van der Waals surface area contributed by atoms with Crippen molar-refractivity contribution in [1.29, 1.82) is 0 Å². The number of nitrogens with one attached hydrogen (secondary N) is 1. The molecule has 3 nitrogen and oxygen atoms in total. The Morgan fingerprint density at radius 1 is 1.41 bits per heavy atom. The molecule has 0 aliphatic heterocycles. The van der Waals surface area contributed by atoms with Gasteiger partial charge < -0.3 is 15.2 Å². The maximum Gasteiger partial charge on any atom is 0.137 e. The smallest absolute Gasteiger partial charge is 0.137 e. The van der Waals surface area contributed by atoms with Crippen LogP contribution in [0.25, 0.3) is 0 Å². The normalized spacial score (nSPS) is 14.4. The first-order valence-electron chi connectivity index (χ1n) is 5.78. The van der Waals surface area contributed by atoms with Crippen LogP contribution < -0.4 is 10.1 Å². The summed E-state index contributed by atoms with van der Waals surface area (Å²) in [5, 5.41) is 12.7. The van der Waals surface area contributed by atoms with Crippen LogP contribution in [0, 0.1) is 5.92 Å². The molecule has 1 rings (SSSR count). The van der Waals surface area contributed by atoms with E-state index in [1.807, 2.05) is 32.2 Å². The van der Waals surface area contributed by atoms with E-state index in [9.17, 15) is 0 Å². The first-order chi connectivity index (χ1) is 8.08. The van der Waals surface area contributed by atoms with Crippen molar-refractivity contribution in [2.24, 2.45) is 5.92 Å². The van der Waals surface area contributed by atoms with Gasteiger partial charge in [-0.05, 0) is 31.7 Å². The molecule has 2 atom stereocenters.